The quantitative estimate of drug-likeness (QED) is 0.861. The summed E-state index contributed by atoms with van der Waals surface area (Å²) in [6.07, 6.45) is -0.236. The summed E-state index contributed by atoms with van der Waals surface area (Å²) in [5.74, 6) is -0.869. The highest BCUT2D eigenvalue weighted by Crippen LogP contribution is 2.12. The highest BCUT2D eigenvalue weighted by atomic mass is 16.5. The van der Waals surface area contributed by atoms with E-state index in [9.17, 15) is 9.59 Å². The number of esters is 1. The van der Waals surface area contributed by atoms with E-state index in [1.807, 2.05) is 37.3 Å². The Morgan fingerprint density at radius 1 is 0.957 bits per heavy atom. The lowest BCUT2D eigenvalue weighted by Gasteiger charge is -2.14. The van der Waals surface area contributed by atoms with Gasteiger partial charge in [0.2, 0.25) is 0 Å². The molecule has 1 aromatic heterocycles. The van der Waals surface area contributed by atoms with Crippen LogP contribution in [-0.4, -0.2) is 23.0 Å². The average molecular weight is 312 g/mol. The number of carbonyl (C=O) groups is 2. The molecule has 0 saturated carbocycles. The number of rotatable bonds is 5. The molecular weight excluding hydrogens is 292 g/mol. The minimum atomic E-state index is -0.536. The third-order valence-electron chi connectivity index (χ3n) is 3.18. The van der Waals surface area contributed by atoms with E-state index in [1.54, 1.807) is 26.0 Å². The van der Waals surface area contributed by atoms with E-state index < -0.39 is 5.97 Å². The summed E-state index contributed by atoms with van der Waals surface area (Å²) in [4.78, 5) is 28.2. The van der Waals surface area contributed by atoms with E-state index in [1.165, 1.54) is 6.07 Å². The van der Waals surface area contributed by atoms with Crippen molar-refractivity contribution in [1.82, 2.24) is 10.3 Å². The molecule has 0 fully saturated rings. The van der Waals surface area contributed by atoms with Gasteiger partial charge in [0.05, 0.1) is 12.1 Å². The Morgan fingerprint density at radius 3 is 2.26 bits per heavy atom. The number of pyridine rings is 1. The molecule has 1 amide bonds. The van der Waals surface area contributed by atoms with E-state index in [4.69, 9.17) is 4.74 Å². The second-order valence-electron chi connectivity index (χ2n) is 5.47. The number of nitrogens with zero attached hydrogens (tertiary/aromatic N) is 1. The van der Waals surface area contributed by atoms with Crippen LogP contribution in [0.5, 0.6) is 0 Å². The molecule has 0 saturated heterocycles. The summed E-state index contributed by atoms with van der Waals surface area (Å²) in [6.45, 7) is 5.41. The monoisotopic (exact) mass is 312 g/mol. The van der Waals surface area contributed by atoms with Gasteiger partial charge in [0.1, 0.15) is 11.4 Å². The number of carbonyl (C=O) groups excluding carboxylic acids is 2. The first kappa shape index (κ1) is 16.7. The van der Waals surface area contributed by atoms with Crippen molar-refractivity contribution in [3.05, 3.63) is 65.5 Å². The zero-order valence-corrected chi connectivity index (χ0v) is 13.4. The van der Waals surface area contributed by atoms with Gasteiger partial charge in [-0.25, -0.2) is 9.78 Å². The van der Waals surface area contributed by atoms with Gasteiger partial charge >= 0.3 is 5.97 Å². The SMILES string of the molecule is CC(C)OC(=O)c1cccc(C(=O)N[C@H](C)c2ccccc2)n1. The molecule has 0 aliphatic carbocycles. The van der Waals surface area contributed by atoms with E-state index in [0.717, 1.165) is 5.56 Å². The Kier molecular flexibility index (Phi) is 5.46. The fourth-order valence-corrected chi connectivity index (χ4v) is 2.04. The molecule has 0 unspecified atom stereocenters. The van der Waals surface area contributed by atoms with Gasteiger partial charge in [-0.15, -0.1) is 0 Å². The summed E-state index contributed by atoms with van der Waals surface area (Å²) in [5.41, 5.74) is 1.31. The molecule has 0 spiro atoms. The topological polar surface area (TPSA) is 68.3 Å². The minimum Gasteiger partial charge on any atom is -0.458 e. The van der Waals surface area contributed by atoms with Crippen LogP contribution >= 0.6 is 0 Å². The van der Waals surface area contributed by atoms with Crippen LogP contribution < -0.4 is 5.32 Å². The first-order valence-corrected chi connectivity index (χ1v) is 7.51. The van der Waals surface area contributed by atoms with Crippen molar-refractivity contribution in [2.45, 2.75) is 32.9 Å². The molecule has 120 valence electrons. The van der Waals surface area contributed by atoms with Gasteiger partial charge in [-0.2, -0.15) is 0 Å². The number of amides is 1. The van der Waals surface area contributed by atoms with Gasteiger partial charge in [-0.3, -0.25) is 4.79 Å². The van der Waals surface area contributed by atoms with Crippen LogP contribution in [0.25, 0.3) is 0 Å². The third kappa shape index (κ3) is 4.64. The van der Waals surface area contributed by atoms with Gasteiger partial charge in [-0.1, -0.05) is 36.4 Å². The summed E-state index contributed by atoms with van der Waals surface area (Å²) in [5, 5.41) is 2.87. The Bertz CT molecular complexity index is 684. The normalized spacial score (nSPS) is 11.8. The third-order valence-corrected chi connectivity index (χ3v) is 3.18. The van der Waals surface area contributed by atoms with E-state index in [2.05, 4.69) is 10.3 Å². The van der Waals surface area contributed by atoms with Crippen molar-refractivity contribution in [1.29, 1.82) is 0 Å². The largest absolute Gasteiger partial charge is 0.458 e. The van der Waals surface area contributed by atoms with E-state index in [-0.39, 0.29) is 29.4 Å². The number of nitrogens with one attached hydrogen (secondary N) is 1. The summed E-state index contributed by atoms with van der Waals surface area (Å²) in [7, 11) is 0. The van der Waals surface area contributed by atoms with Gasteiger partial charge in [0, 0.05) is 0 Å². The lowest BCUT2D eigenvalue weighted by atomic mass is 10.1. The second kappa shape index (κ2) is 7.54. The fraction of sp³-hybridized carbons (Fsp3) is 0.278. The predicted octanol–water partition coefficient (Wildman–Crippen LogP) is 3.14. The van der Waals surface area contributed by atoms with E-state index in [0.29, 0.717) is 0 Å². The van der Waals surface area contributed by atoms with Gasteiger partial charge in [0.25, 0.3) is 5.91 Å². The number of ether oxygens (including phenoxy) is 1. The van der Waals surface area contributed by atoms with Crippen LogP contribution in [-0.2, 0) is 4.74 Å². The van der Waals surface area contributed by atoms with Crippen molar-refractivity contribution < 1.29 is 14.3 Å². The molecule has 1 heterocycles. The lowest BCUT2D eigenvalue weighted by Crippen LogP contribution is -2.28. The number of aromatic nitrogens is 1. The fourth-order valence-electron chi connectivity index (χ4n) is 2.04. The minimum absolute atomic E-state index is 0.124. The molecule has 0 bridgehead atoms. The van der Waals surface area contributed by atoms with Crippen LogP contribution in [0.2, 0.25) is 0 Å². The van der Waals surface area contributed by atoms with Crippen molar-refractivity contribution in [3.63, 3.8) is 0 Å². The van der Waals surface area contributed by atoms with Crippen LogP contribution in [0.3, 0.4) is 0 Å². The standard InChI is InChI=1S/C18H20N2O3/c1-12(2)23-18(22)16-11-7-10-15(20-16)17(21)19-13(3)14-8-5-4-6-9-14/h4-13H,1-3H3,(H,19,21)/t13-/m1/s1. The second-order valence-corrected chi connectivity index (χ2v) is 5.47. The molecule has 1 atom stereocenters. The molecule has 23 heavy (non-hydrogen) atoms. The highest BCUT2D eigenvalue weighted by molar-refractivity contribution is 5.94. The molecule has 2 aromatic rings. The first-order valence-electron chi connectivity index (χ1n) is 7.51. The lowest BCUT2D eigenvalue weighted by molar-refractivity contribution is 0.0371. The molecule has 2 rings (SSSR count). The maximum Gasteiger partial charge on any atom is 0.357 e. The van der Waals surface area contributed by atoms with Gasteiger partial charge in [0.15, 0.2) is 0 Å². The molecule has 5 heteroatoms. The van der Waals surface area contributed by atoms with Gasteiger partial charge < -0.3 is 10.1 Å². The molecule has 1 aromatic carbocycles. The Morgan fingerprint density at radius 2 is 1.61 bits per heavy atom. The van der Waals surface area contributed by atoms with Crippen molar-refractivity contribution >= 4 is 11.9 Å². The van der Waals surface area contributed by atoms with Crippen molar-refractivity contribution in [3.8, 4) is 0 Å². The zero-order chi connectivity index (χ0) is 16.8. The Hall–Kier alpha value is -2.69. The van der Waals surface area contributed by atoms with Crippen LogP contribution in [0.15, 0.2) is 48.5 Å². The van der Waals surface area contributed by atoms with Crippen molar-refractivity contribution in [2.24, 2.45) is 0 Å². The predicted molar refractivity (Wildman–Crippen MR) is 87.1 cm³/mol. The number of hydrogen-bond donors (Lipinski definition) is 1. The Balaban J connectivity index is 2.09. The smallest absolute Gasteiger partial charge is 0.357 e. The van der Waals surface area contributed by atoms with Crippen LogP contribution in [0.4, 0.5) is 0 Å². The molecule has 0 aliphatic heterocycles. The molecule has 0 radical (unpaired) electrons. The molecular formula is C18H20N2O3. The maximum atomic E-state index is 12.3. The van der Waals surface area contributed by atoms with Crippen LogP contribution in [0.1, 0.15) is 53.4 Å². The number of hydrogen-bond acceptors (Lipinski definition) is 4. The zero-order valence-electron chi connectivity index (χ0n) is 13.4. The molecule has 1 N–H and O–H groups in total. The van der Waals surface area contributed by atoms with Crippen LogP contribution in [0, 0.1) is 0 Å². The van der Waals surface area contributed by atoms with E-state index >= 15 is 0 Å². The first-order chi connectivity index (χ1) is 11.0. The maximum absolute atomic E-state index is 12.3. The highest BCUT2D eigenvalue weighted by Gasteiger charge is 2.16. The summed E-state index contributed by atoms with van der Waals surface area (Å²) >= 11 is 0. The van der Waals surface area contributed by atoms with Crippen molar-refractivity contribution in [2.75, 3.05) is 0 Å². The number of benzene rings is 1. The Labute approximate surface area is 135 Å². The summed E-state index contributed by atoms with van der Waals surface area (Å²) < 4.78 is 5.09. The molecule has 5 nitrogen and oxygen atoms in total. The summed E-state index contributed by atoms with van der Waals surface area (Å²) in [6, 6.07) is 14.2. The average Bonchev–Trinajstić information content (AvgIpc) is 2.55. The molecule has 0 aliphatic rings. The van der Waals surface area contributed by atoms with Gasteiger partial charge in [-0.05, 0) is 38.5 Å².